The number of ether oxygens (including phenoxy) is 1. The molecule has 6 nitrogen and oxygen atoms in total. The van der Waals surface area contributed by atoms with Crippen LogP contribution in [0.4, 0.5) is 4.79 Å². The second-order valence-corrected chi connectivity index (χ2v) is 5.75. The summed E-state index contributed by atoms with van der Waals surface area (Å²) in [6.07, 6.45) is 2.98. The topological polar surface area (TPSA) is 91.4 Å². The normalized spacial score (nSPS) is 11.7. The van der Waals surface area contributed by atoms with E-state index < -0.39 is 17.7 Å². The Labute approximate surface area is 124 Å². The van der Waals surface area contributed by atoms with Gasteiger partial charge in [-0.2, -0.15) is 0 Å². The number of nitrogens with one attached hydrogen (secondary N) is 2. The maximum atomic E-state index is 11.4. The number of rotatable bonds is 4. The summed E-state index contributed by atoms with van der Waals surface area (Å²) in [6, 6.07) is 0. The van der Waals surface area contributed by atoms with E-state index in [1.54, 1.807) is 46.8 Å². The number of H-pyrrole nitrogens is 1. The van der Waals surface area contributed by atoms with E-state index in [4.69, 9.17) is 9.84 Å². The van der Waals surface area contributed by atoms with E-state index in [1.165, 1.54) is 0 Å². The molecular weight excluding hydrogens is 272 g/mol. The molecule has 0 aromatic carbocycles. The molecule has 0 atom stereocenters. The lowest BCUT2D eigenvalue weighted by Crippen LogP contribution is -2.32. The first-order valence-corrected chi connectivity index (χ1v) is 6.67. The van der Waals surface area contributed by atoms with Crippen LogP contribution in [0.3, 0.4) is 0 Å². The summed E-state index contributed by atoms with van der Waals surface area (Å²) < 4.78 is 5.10. The number of alkyl carbamates (subject to hydrolysis) is 1. The van der Waals surface area contributed by atoms with E-state index >= 15 is 0 Å². The molecular formula is C15H22N2O4. The summed E-state index contributed by atoms with van der Waals surface area (Å²) in [5, 5.41) is 11.7. The van der Waals surface area contributed by atoms with Crippen molar-refractivity contribution in [1.82, 2.24) is 10.3 Å². The summed E-state index contributed by atoms with van der Waals surface area (Å²) in [4.78, 5) is 25.5. The number of aromatic nitrogens is 1. The third kappa shape index (κ3) is 4.98. The van der Waals surface area contributed by atoms with Crippen molar-refractivity contribution in [3.63, 3.8) is 0 Å². The quantitative estimate of drug-likeness (QED) is 0.796. The van der Waals surface area contributed by atoms with Crippen LogP contribution in [0.5, 0.6) is 0 Å². The highest BCUT2D eigenvalue weighted by atomic mass is 16.6. The van der Waals surface area contributed by atoms with Crippen molar-refractivity contribution >= 4 is 18.1 Å². The highest BCUT2D eigenvalue weighted by Gasteiger charge is 2.16. The summed E-state index contributed by atoms with van der Waals surface area (Å²) >= 11 is 0. The van der Waals surface area contributed by atoms with Crippen LogP contribution in [0, 0.1) is 13.8 Å². The van der Waals surface area contributed by atoms with Crippen LogP contribution in [0.1, 0.15) is 48.1 Å². The molecule has 1 aromatic heterocycles. The van der Waals surface area contributed by atoms with Gasteiger partial charge in [0.15, 0.2) is 0 Å². The van der Waals surface area contributed by atoms with Crippen LogP contribution in [0.15, 0.2) is 6.08 Å². The largest absolute Gasteiger partial charge is 0.478 e. The SMILES string of the molecule is Cc1[nH]c(C=CCNC(=O)OC(C)(C)C)c(C)c1C(=O)O. The number of aromatic amines is 1. The molecule has 1 amide bonds. The van der Waals surface area contributed by atoms with E-state index in [2.05, 4.69) is 10.3 Å². The molecule has 0 bridgehead atoms. The summed E-state index contributed by atoms with van der Waals surface area (Å²) in [6.45, 7) is 9.14. The van der Waals surface area contributed by atoms with Gasteiger partial charge in [-0.05, 0) is 46.3 Å². The number of carbonyl (C=O) groups is 2. The van der Waals surface area contributed by atoms with E-state index in [1.807, 2.05) is 0 Å². The smallest absolute Gasteiger partial charge is 0.407 e. The average Bonchev–Trinajstić information content (AvgIpc) is 2.57. The molecule has 0 spiro atoms. The number of amides is 1. The van der Waals surface area contributed by atoms with Gasteiger partial charge in [0.2, 0.25) is 0 Å². The molecule has 1 rings (SSSR count). The van der Waals surface area contributed by atoms with Gasteiger partial charge in [0.1, 0.15) is 5.60 Å². The second-order valence-electron chi connectivity index (χ2n) is 5.75. The van der Waals surface area contributed by atoms with Crippen molar-refractivity contribution in [2.75, 3.05) is 6.54 Å². The fraction of sp³-hybridized carbons (Fsp3) is 0.467. The number of aromatic carboxylic acids is 1. The zero-order chi connectivity index (χ0) is 16.2. The number of hydrogen-bond acceptors (Lipinski definition) is 3. The molecule has 0 saturated carbocycles. The molecule has 1 aromatic rings. The number of hydrogen-bond donors (Lipinski definition) is 3. The van der Waals surface area contributed by atoms with Crippen LogP contribution < -0.4 is 5.32 Å². The summed E-state index contributed by atoms with van der Waals surface area (Å²) in [5.74, 6) is -0.951. The Bertz CT molecular complexity index is 565. The maximum Gasteiger partial charge on any atom is 0.407 e. The Morgan fingerprint density at radius 3 is 2.43 bits per heavy atom. The third-order valence-corrected chi connectivity index (χ3v) is 2.74. The molecule has 1 heterocycles. The lowest BCUT2D eigenvalue weighted by molar-refractivity contribution is 0.0533. The van der Waals surface area contributed by atoms with Crippen LogP contribution in [0.25, 0.3) is 6.08 Å². The molecule has 3 N–H and O–H groups in total. The van der Waals surface area contributed by atoms with E-state index in [-0.39, 0.29) is 5.56 Å². The molecule has 21 heavy (non-hydrogen) atoms. The van der Waals surface area contributed by atoms with Crippen LogP contribution >= 0.6 is 0 Å². The minimum absolute atomic E-state index is 0.287. The Morgan fingerprint density at radius 1 is 1.33 bits per heavy atom. The summed E-state index contributed by atoms with van der Waals surface area (Å²) in [7, 11) is 0. The van der Waals surface area contributed by atoms with E-state index in [0.717, 1.165) is 5.69 Å². The standard InChI is InChI=1S/C15H22N2O4/c1-9-11(17-10(2)12(9)13(18)19)7-6-8-16-14(20)21-15(3,4)5/h6-7,17H,8H2,1-5H3,(H,16,20)(H,18,19). The minimum atomic E-state index is -0.951. The Morgan fingerprint density at radius 2 is 1.95 bits per heavy atom. The van der Waals surface area contributed by atoms with Crippen molar-refractivity contribution in [1.29, 1.82) is 0 Å². The highest BCUT2D eigenvalue weighted by molar-refractivity contribution is 5.92. The van der Waals surface area contributed by atoms with Crippen molar-refractivity contribution < 1.29 is 19.4 Å². The average molecular weight is 294 g/mol. The first kappa shape index (κ1) is 16.8. The third-order valence-electron chi connectivity index (χ3n) is 2.74. The van der Waals surface area contributed by atoms with Crippen LogP contribution in [-0.2, 0) is 4.74 Å². The molecule has 0 aliphatic carbocycles. The monoisotopic (exact) mass is 294 g/mol. The van der Waals surface area contributed by atoms with Gasteiger partial charge in [0, 0.05) is 17.9 Å². The number of aryl methyl sites for hydroxylation is 1. The Hall–Kier alpha value is -2.24. The van der Waals surface area contributed by atoms with Gasteiger partial charge in [0.25, 0.3) is 0 Å². The molecule has 6 heteroatoms. The van der Waals surface area contributed by atoms with E-state index in [0.29, 0.717) is 17.8 Å². The molecule has 0 aliphatic heterocycles. The molecule has 0 unspecified atom stereocenters. The predicted octanol–water partition coefficient (Wildman–Crippen LogP) is 2.87. The minimum Gasteiger partial charge on any atom is -0.478 e. The van der Waals surface area contributed by atoms with Crippen molar-refractivity contribution in [2.45, 2.75) is 40.2 Å². The fourth-order valence-electron chi connectivity index (χ4n) is 1.89. The number of carboxylic acid groups (broad SMARTS) is 1. The lowest BCUT2D eigenvalue weighted by Gasteiger charge is -2.19. The van der Waals surface area contributed by atoms with Gasteiger partial charge in [-0.3, -0.25) is 0 Å². The van der Waals surface area contributed by atoms with Gasteiger partial charge in [-0.25, -0.2) is 9.59 Å². The Balaban J connectivity index is 2.61. The lowest BCUT2D eigenvalue weighted by atomic mass is 10.1. The van der Waals surface area contributed by atoms with Gasteiger partial charge < -0.3 is 20.1 Å². The van der Waals surface area contributed by atoms with Crippen LogP contribution in [-0.4, -0.2) is 34.3 Å². The van der Waals surface area contributed by atoms with Gasteiger partial charge in [0.05, 0.1) is 5.56 Å². The zero-order valence-corrected chi connectivity index (χ0v) is 13.0. The predicted molar refractivity (Wildman–Crippen MR) is 80.5 cm³/mol. The zero-order valence-electron chi connectivity index (χ0n) is 13.0. The first-order chi connectivity index (χ1) is 9.61. The maximum absolute atomic E-state index is 11.4. The van der Waals surface area contributed by atoms with Gasteiger partial charge >= 0.3 is 12.1 Å². The van der Waals surface area contributed by atoms with Gasteiger partial charge in [-0.1, -0.05) is 6.08 Å². The molecule has 0 radical (unpaired) electrons. The summed E-state index contributed by atoms with van der Waals surface area (Å²) in [5.41, 5.74) is 1.76. The number of carbonyl (C=O) groups excluding carboxylic acids is 1. The number of carboxylic acids is 1. The van der Waals surface area contributed by atoms with E-state index in [9.17, 15) is 9.59 Å². The molecule has 0 aliphatic rings. The van der Waals surface area contributed by atoms with Crippen molar-refractivity contribution in [3.05, 3.63) is 28.6 Å². The van der Waals surface area contributed by atoms with Gasteiger partial charge in [-0.15, -0.1) is 0 Å². The van der Waals surface area contributed by atoms with Crippen molar-refractivity contribution in [3.8, 4) is 0 Å². The molecule has 0 saturated heterocycles. The Kier molecular flexibility index (Phi) is 5.18. The fourth-order valence-corrected chi connectivity index (χ4v) is 1.89. The first-order valence-electron chi connectivity index (χ1n) is 6.67. The molecule has 116 valence electrons. The highest BCUT2D eigenvalue weighted by Crippen LogP contribution is 2.18. The van der Waals surface area contributed by atoms with Crippen LogP contribution in [0.2, 0.25) is 0 Å². The second kappa shape index (κ2) is 6.47. The van der Waals surface area contributed by atoms with Crippen molar-refractivity contribution in [2.24, 2.45) is 0 Å². The molecule has 0 fully saturated rings.